The molecule has 1 aromatic heterocycles. The highest BCUT2D eigenvalue weighted by molar-refractivity contribution is 7.14. The van der Waals surface area contributed by atoms with Crippen LogP contribution in [0, 0.1) is 6.92 Å². The monoisotopic (exact) mass is 294 g/mol. The lowest BCUT2D eigenvalue weighted by Gasteiger charge is -2.12. The summed E-state index contributed by atoms with van der Waals surface area (Å²) in [7, 11) is 1.40. The van der Waals surface area contributed by atoms with Gasteiger partial charge in [-0.05, 0) is 36.2 Å². The molecule has 0 aliphatic carbocycles. The van der Waals surface area contributed by atoms with Crippen LogP contribution in [0.4, 0.5) is 0 Å². The van der Waals surface area contributed by atoms with Gasteiger partial charge >= 0.3 is 5.97 Å². The van der Waals surface area contributed by atoms with Crippen molar-refractivity contribution in [2.24, 2.45) is 0 Å². The molecule has 1 unspecified atom stereocenters. The Hall–Kier alpha value is -1.32. The zero-order chi connectivity index (χ0) is 14.0. The topological polar surface area (TPSA) is 26.3 Å². The summed E-state index contributed by atoms with van der Waals surface area (Å²) < 4.78 is 4.76. The minimum atomic E-state index is -0.280. The number of ether oxygens (including phenoxy) is 1. The van der Waals surface area contributed by atoms with Gasteiger partial charge in [0, 0.05) is 15.8 Å². The minimum Gasteiger partial charge on any atom is -0.465 e. The molecule has 0 N–H and O–H groups in total. The van der Waals surface area contributed by atoms with Gasteiger partial charge in [0.2, 0.25) is 0 Å². The van der Waals surface area contributed by atoms with Crippen LogP contribution in [-0.4, -0.2) is 13.1 Å². The van der Waals surface area contributed by atoms with Gasteiger partial charge in [0.1, 0.15) is 4.88 Å². The Kier molecular flexibility index (Phi) is 4.27. The first-order valence-corrected chi connectivity index (χ1v) is 7.16. The molecular weight excluding hydrogens is 280 g/mol. The number of thiophene rings is 1. The number of methoxy groups -OCH3 is 1. The largest absolute Gasteiger partial charge is 0.465 e. The van der Waals surface area contributed by atoms with Gasteiger partial charge in [-0.1, -0.05) is 30.7 Å². The third-order valence-electron chi connectivity index (χ3n) is 3.16. The lowest BCUT2D eigenvalue weighted by molar-refractivity contribution is 0.0606. The highest BCUT2D eigenvalue weighted by atomic mass is 35.5. The van der Waals surface area contributed by atoms with Crippen molar-refractivity contribution in [2.45, 2.75) is 19.8 Å². The Bertz CT molecular complexity index is 604. The van der Waals surface area contributed by atoms with Gasteiger partial charge in [-0.15, -0.1) is 11.3 Å². The average molecular weight is 295 g/mol. The van der Waals surface area contributed by atoms with E-state index in [1.807, 2.05) is 37.3 Å². The van der Waals surface area contributed by atoms with E-state index >= 15 is 0 Å². The minimum absolute atomic E-state index is 0.202. The molecule has 0 aliphatic rings. The van der Waals surface area contributed by atoms with Crippen LogP contribution in [0.5, 0.6) is 0 Å². The first-order chi connectivity index (χ1) is 9.02. The smallest absolute Gasteiger partial charge is 0.348 e. The van der Waals surface area contributed by atoms with Gasteiger partial charge in [0.25, 0.3) is 0 Å². The molecule has 0 saturated carbocycles. The van der Waals surface area contributed by atoms with Gasteiger partial charge < -0.3 is 4.74 Å². The predicted molar refractivity (Wildman–Crippen MR) is 79.4 cm³/mol. The highest BCUT2D eigenvalue weighted by Gasteiger charge is 2.18. The molecule has 0 saturated heterocycles. The van der Waals surface area contributed by atoms with Crippen molar-refractivity contribution in [1.82, 2.24) is 0 Å². The standard InChI is InChI=1S/C15H15ClO2S/c1-9(11-5-4-6-12(16)7-11)13-8-14(15(17)18-3)19-10(13)2/h4-9H,1-3H3. The number of esters is 1. The molecule has 4 heteroatoms. The van der Waals surface area contributed by atoms with Gasteiger partial charge in [0.15, 0.2) is 0 Å². The molecule has 2 rings (SSSR count). The third-order valence-corrected chi connectivity index (χ3v) is 4.44. The van der Waals surface area contributed by atoms with Gasteiger partial charge in [-0.25, -0.2) is 4.79 Å². The summed E-state index contributed by atoms with van der Waals surface area (Å²) in [4.78, 5) is 13.3. The second-order valence-corrected chi connectivity index (χ2v) is 6.08. The first-order valence-electron chi connectivity index (χ1n) is 5.97. The number of carbonyl (C=O) groups excluding carboxylic acids is 1. The number of halogens is 1. The molecule has 2 nitrogen and oxygen atoms in total. The normalized spacial score (nSPS) is 12.2. The van der Waals surface area contributed by atoms with Crippen molar-refractivity contribution in [3.05, 3.63) is 56.2 Å². The highest BCUT2D eigenvalue weighted by Crippen LogP contribution is 2.33. The van der Waals surface area contributed by atoms with E-state index in [4.69, 9.17) is 16.3 Å². The summed E-state index contributed by atoms with van der Waals surface area (Å²) in [5.74, 6) is -0.0778. The second kappa shape index (κ2) is 5.76. The molecule has 100 valence electrons. The van der Waals surface area contributed by atoms with E-state index in [2.05, 4.69) is 6.92 Å². The maximum Gasteiger partial charge on any atom is 0.348 e. The molecule has 0 bridgehead atoms. The quantitative estimate of drug-likeness (QED) is 0.770. The molecular formula is C15H15ClO2S. The summed E-state index contributed by atoms with van der Waals surface area (Å²) in [6.45, 7) is 4.13. The summed E-state index contributed by atoms with van der Waals surface area (Å²) in [6.07, 6.45) is 0. The van der Waals surface area contributed by atoms with E-state index in [9.17, 15) is 4.79 Å². The van der Waals surface area contributed by atoms with Crippen molar-refractivity contribution < 1.29 is 9.53 Å². The number of carbonyl (C=O) groups is 1. The second-order valence-electron chi connectivity index (χ2n) is 4.39. The summed E-state index contributed by atoms with van der Waals surface area (Å²) in [5.41, 5.74) is 2.29. The third kappa shape index (κ3) is 2.99. The van der Waals surface area contributed by atoms with Crippen LogP contribution in [0.15, 0.2) is 30.3 Å². The molecule has 0 amide bonds. The Morgan fingerprint density at radius 2 is 2.11 bits per heavy atom. The summed E-state index contributed by atoms with van der Waals surface area (Å²) >= 11 is 7.49. The number of hydrogen-bond donors (Lipinski definition) is 0. The Labute approximate surface area is 122 Å². The molecule has 0 spiro atoms. The van der Waals surface area contributed by atoms with Gasteiger partial charge in [-0.3, -0.25) is 0 Å². The molecule has 1 atom stereocenters. The van der Waals surface area contributed by atoms with Crippen LogP contribution < -0.4 is 0 Å². The Morgan fingerprint density at radius 1 is 1.37 bits per heavy atom. The number of benzene rings is 1. The van der Waals surface area contributed by atoms with Crippen molar-refractivity contribution in [3.8, 4) is 0 Å². The van der Waals surface area contributed by atoms with E-state index in [0.717, 1.165) is 21.0 Å². The SMILES string of the molecule is COC(=O)c1cc(C(C)c2cccc(Cl)c2)c(C)s1. The molecule has 19 heavy (non-hydrogen) atoms. The first kappa shape index (κ1) is 14.1. The van der Waals surface area contributed by atoms with Crippen LogP contribution in [-0.2, 0) is 4.74 Å². The number of hydrogen-bond acceptors (Lipinski definition) is 3. The lowest BCUT2D eigenvalue weighted by Crippen LogP contribution is -1.98. The van der Waals surface area contributed by atoms with Crippen LogP contribution in [0.25, 0.3) is 0 Å². The van der Waals surface area contributed by atoms with Crippen LogP contribution in [0.2, 0.25) is 5.02 Å². The zero-order valence-electron chi connectivity index (χ0n) is 11.1. The fraction of sp³-hybridized carbons (Fsp3) is 0.267. The molecule has 1 heterocycles. The van der Waals surface area contributed by atoms with Gasteiger partial charge in [0.05, 0.1) is 7.11 Å². The van der Waals surface area contributed by atoms with E-state index < -0.39 is 0 Å². The molecule has 0 fully saturated rings. The Morgan fingerprint density at radius 3 is 2.74 bits per heavy atom. The van der Waals surface area contributed by atoms with E-state index in [-0.39, 0.29) is 11.9 Å². The van der Waals surface area contributed by atoms with Crippen LogP contribution in [0.1, 0.15) is 38.5 Å². The van der Waals surface area contributed by atoms with Crippen molar-refractivity contribution in [2.75, 3.05) is 7.11 Å². The number of rotatable bonds is 3. The van der Waals surface area contributed by atoms with E-state index in [0.29, 0.717) is 4.88 Å². The molecule has 1 aromatic carbocycles. The lowest BCUT2D eigenvalue weighted by atomic mass is 9.93. The molecule has 0 aliphatic heterocycles. The summed E-state index contributed by atoms with van der Waals surface area (Å²) in [5, 5.41) is 0.727. The fourth-order valence-corrected chi connectivity index (χ4v) is 3.32. The molecule has 0 radical (unpaired) electrons. The Balaban J connectivity index is 2.36. The average Bonchev–Trinajstić information content (AvgIpc) is 2.79. The van der Waals surface area contributed by atoms with Crippen molar-refractivity contribution >= 4 is 28.9 Å². The zero-order valence-corrected chi connectivity index (χ0v) is 12.6. The van der Waals surface area contributed by atoms with Crippen molar-refractivity contribution in [1.29, 1.82) is 0 Å². The molecule has 2 aromatic rings. The van der Waals surface area contributed by atoms with Crippen molar-refractivity contribution in [3.63, 3.8) is 0 Å². The summed E-state index contributed by atoms with van der Waals surface area (Å²) in [6, 6.07) is 9.72. The van der Waals surface area contributed by atoms with E-state index in [1.165, 1.54) is 18.4 Å². The maximum atomic E-state index is 11.6. The predicted octanol–water partition coefficient (Wildman–Crippen LogP) is 4.65. The van der Waals surface area contributed by atoms with Crippen LogP contribution in [0.3, 0.4) is 0 Å². The van der Waals surface area contributed by atoms with E-state index in [1.54, 1.807) is 0 Å². The maximum absolute atomic E-state index is 11.6. The number of aryl methyl sites for hydroxylation is 1. The fourth-order valence-electron chi connectivity index (χ4n) is 2.08. The van der Waals surface area contributed by atoms with Gasteiger partial charge in [-0.2, -0.15) is 0 Å². The van der Waals surface area contributed by atoms with Crippen LogP contribution >= 0.6 is 22.9 Å².